The number of hydrogen-bond acceptors (Lipinski definition) is 5. The van der Waals surface area contributed by atoms with E-state index in [9.17, 15) is 9.59 Å². The Kier molecular flexibility index (Phi) is 5.03. The molecule has 2 N–H and O–H groups in total. The van der Waals surface area contributed by atoms with E-state index in [1.165, 1.54) is 0 Å². The molecule has 3 rings (SSSR count). The van der Waals surface area contributed by atoms with Crippen LogP contribution in [0.15, 0.2) is 42.5 Å². The Morgan fingerprint density at radius 3 is 2.20 bits per heavy atom. The molecule has 130 valence electrons. The monoisotopic (exact) mass is 342 g/mol. The van der Waals surface area contributed by atoms with Gasteiger partial charge in [-0.25, -0.2) is 0 Å². The van der Waals surface area contributed by atoms with E-state index in [1.807, 2.05) is 0 Å². The SMILES string of the molecule is COc1ccc(C(=O)NCCNC(=O)c2ccc3c(c2)OCO3)cc1. The van der Waals surface area contributed by atoms with Gasteiger partial charge in [0, 0.05) is 24.2 Å². The molecule has 2 amide bonds. The molecule has 1 heterocycles. The summed E-state index contributed by atoms with van der Waals surface area (Å²) in [6, 6.07) is 11.8. The van der Waals surface area contributed by atoms with Gasteiger partial charge in [0.05, 0.1) is 7.11 Å². The Labute approximate surface area is 144 Å². The molecule has 2 aromatic rings. The molecule has 2 aromatic carbocycles. The Morgan fingerprint density at radius 2 is 1.52 bits per heavy atom. The molecule has 25 heavy (non-hydrogen) atoms. The van der Waals surface area contributed by atoms with E-state index in [4.69, 9.17) is 14.2 Å². The van der Waals surface area contributed by atoms with Gasteiger partial charge >= 0.3 is 0 Å². The zero-order valence-corrected chi connectivity index (χ0v) is 13.7. The molecule has 0 unspecified atom stereocenters. The third kappa shape index (κ3) is 4.00. The summed E-state index contributed by atoms with van der Waals surface area (Å²) in [4.78, 5) is 24.1. The van der Waals surface area contributed by atoms with Gasteiger partial charge < -0.3 is 24.8 Å². The number of fused-ring (bicyclic) bond motifs is 1. The minimum atomic E-state index is -0.239. The van der Waals surface area contributed by atoms with Crippen LogP contribution in [0.1, 0.15) is 20.7 Å². The summed E-state index contributed by atoms with van der Waals surface area (Å²) in [6.45, 7) is 0.800. The lowest BCUT2D eigenvalue weighted by Crippen LogP contribution is -2.34. The highest BCUT2D eigenvalue weighted by Crippen LogP contribution is 2.32. The molecule has 0 atom stereocenters. The number of amides is 2. The van der Waals surface area contributed by atoms with Crippen molar-refractivity contribution in [3.8, 4) is 17.2 Å². The van der Waals surface area contributed by atoms with E-state index >= 15 is 0 Å². The molecule has 0 saturated heterocycles. The number of rotatable bonds is 6. The predicted octanol–water partition coefficient (Wildman–Crippen LogP) is 1.58. The highest BCUT2D eigenvalue weighted by atomic mass is 16.7. The summed E-state index contributed by atoms with van der Waals surface area (Å²) < 4.78 is 15.5. The third-order valence-electron chi connectivity index (χ3n) is 3.68. The maximum atomic E-state index is 12.1. The predicted molar refractivity (Wildman–Crippen MR) is 90.2 cm³/mol. The standard InChI is InChI=1S/C18H18N2O5/c1-23-14-5-2-12(3-6-14)17(21)19-8-9-20-18(22)13-4-7-15-16(10-13)25-11-24-15/h2-7,10H,8-9,11H2,1H3,(H,19,21)(H,20,22). The maximum Gasteiger partial charge on any atom is 0.251 e. The largest absolute Gasteiger partial charge is 0.497 e. The fraction of sp³-hybridized carbons (Fsp3) is 0.222. The highest BCUT2D eigenvalue weighted by molar-refractivity contribution is 5.95. The first kappa shape index (κ1) is 16.6. The average Bonchev–Trinajstić information content (AvgIpc) is 3.12. The molecule has 0 radical (unpaired) electrons. The van der Waals surface area contributed by atoms with Crippen LogP contribution in [-0.2, 0) is 0 Å². The molecule has 0 saturated carbocycles. The molecule has 0 spiro atoms. The minimum Gasteiger partial charge on any atom is -0.497 e. The molecule has 7 nitrogen and oxygen atoms in total. The fourth-order valence-corrected chi connectivity index (χ4v) is 2.34. The van der Waals surface area contributed by atoms with Gasteiger partial charge in [0.15, 0.2) is 11.5 Å². The Balaban J connectivity index is 1.44. The molecule has 0 aliphatic carbocycles. The highest BCUT2D eigenvalue weighted by Gasteiger charge is 2.16. The number of carbonyl (C=O) groups is 2. The van der Waals surface area contributed by atoms with Crippen LogP contribution in [0.3, 0.4) is 0 Å². The molecule has 1 aliphatic rings. The van der Waals surface area contributed by atoms with Crippen LogP contribution in [0, 0.1) is 0 Å². The smallest absolute Gasteiger partial charge is 0.251 e. The van der Waals surface area contributed by atoms with E-state index in [2.05, 4.69) is 10.6 Å². The number of carbonyl (C=O) groups excluding carboxylic acids is 2. The third-order valence-corrected chi connectivity index (χ3v) is 3.68. The first-order valence-electron chi connectivity index (χ1n) is 7.77. The first-order valence-corrected chi connectivity index (χ1v) is 7.77. The van der Waals surface area contributed by atoms with Crippen molar-refractivity contribution in [2.45, 2.75) is 0 Å². The van der Waals surface area contributed by atoms with Gasteiger partial charge in [-0.15, -0.1) is 0 Å². The van der Waals surface area contributed by atoms with Crippen LogP contribution in [-0.4, -0.2) is 38.8 Å². The number of benzene rings is 2. The summed E-state index contributed by atoms with van der Waals surface area (Å²) in [5, 5.41) is 5.49. The summed E-state index contributed by atoms with van der Waals surface area (Å²) in [5.41, 5.74) is 1.01. The van der Waals surface area contributed by atoms with E-state index in [0.29, 0.717) is 41.5 Å². The second kappa shape index (κ2) is 7.57. The summed E-state index contributed by atoms with van der Waals surface area (Å²) in [5.74, 6) is 1.42. The molecule has 0 fully saturated rings. The minimum absolute atomic E-state index is 0.164. The van der Waals surface area contributed by atoms with Gasteiger partial charge in [0.25, 0.3) is 11.8 Å². The van der Waals surface area contributed by atoms with Crippen LogP contribution in [0.4, 0.5) is 0 Å². The summed E-state index contributed by atoms with van der Waals surface area (Å²) in [6.07, 6.45) is 0. The number of methoxy groups -OCH3 is 1. The van der Waals surface area contributed by atoms with E-state index in [0.717, 1.165) is 0 Å². The van der Waals surface area contributed by atoms with Crippen LogP contribution in [0.25, 0.3) is 0 Å². The van der Waals surface area contributed by atoms with E-state index < -0.39 is 0 Å². The molecule has 0 bridgehead atoms. The van der Waals surface area contributed by atoms with Crippen LogP contribution in [0.5, 0.6) is 17.2 Å². The summed E-state index contributed by atoms with van der Waals surface area (Å²) in [7, 11) is 1.57. The number of ether oxygens (including phenoxy) is 3. The average molecular weight is 342 g/mol. The van der Waals surface area contributed by atoms with Gasteiger partial charge in [-0.2, -0.15) is 0 Å². The molecule has 7 heteroatoms. The second-order valence-electron chi connectivity index (χ2n) is 5.31. The number of hydrogen-bond donors (Lipinski definition) is 2. The van der Waals surface area contributed by atoms with E-state index in [1.54, 1.807) is 49.6 Å². The number of nitrogens with one attached hydrogen (secondary N) is 2. The Bertz CT molecular complexity index is 774. The van der Waals surface area contributed by atoms with Crippen molar-refractivity contribution in [1.29, 1.82) is 0 Å². The van der Waals surface area contributed by atoms with Crippen molar-refractivity contribution >= 4 is 11.8 Å². The van der Waals surface area contributed by atoms with Crippen molar-refractivity contribution < 1.29 is 23.8 Å². The van der Waals surface area contributed by atoms with Crippen molar-refractivity contribution in [3.63, 3.8) is 0 Å². The van der Waals surface area contributed by atoms with Crippen LogP contribution < -0.4 is 24.8 Å². The molecular formula is C18H18N2O5. The second-order valence-corrected chi connectivity index (χ2v) is 5.31. The zero-order valence-electron chi connectivity index (χ0n) is 13.7. The lowest BCUT2D eigenvalue weighted by molar-refractivity contribution is 0.0927. The van der Waals surface area contributed by atoms with Gasteiger partial charge in [-0.3, -0.25) is 9.59 Å². The van der Waals surface area contributed by atoms with Gasteiger partial charge in [0.2, 0.25) is 6.79 Å². The lowest BCUT2D eigenvalue weighted by atomic mass is 10.2. The molecular weight excluding hydrogens is 324 g/mol. The normalized spacial score (nSPS) is 11.7. The Morgan fingerprint density at radius 1 is 0.920 bits per heavy atom. The van der Waals surface area contributed by atoms with Crippen molar-refractivity contribution in [2.75, 3.05) is 27.0 Å². The molecule has 0 aromatic heterocycles. The van der Waals surface area contributed by atoms with E-state index in [-0.39, 0.29) is 18.6 Å². The topological polar surface area (TPSA) is 85.9 Å². The van der Waals surface area contributed by atoms with Crippen LogP contribution in [0.2, 0.25) is 0 Å². The van der Waals surface area contributed by atoms with Gasteiger partial charge in [-0.05, 0) is 42.5 Å². The zero-order chi connectivity index (χ0) is 17.6. The first-order chi connectivity index (χ1) is 12.2. The lowest BCUT2D eigenvalue weighted by Gasteiger charge is -2.08. The quantitative estimate of drug-likeness (QED) is 0.779. The van der Waals surface area contributed by atoms with Crippen molar-refractivity contribution in [1.82, 2.24) is 10.6 Å². The van der Waals surface area contributed by atoms with Gasteiger partial charge in [-0.1, -0.05) is 0 Å². The van der Waals surface area contributed by atoms with Crippen molar-refractivity contribution in [3.05, 3.63) is 53.6 Å². The molecule has 1 aliphatic heterocycles. The van der Waals surface area contributed by atoms with Crippen LogP contribution >= 0.6 is 0 Å². The maximum absolute atomic E-state index is 12.1. The Hall–Kier alpha value is -3.22. The fourth-order valence-electron chi connectivity index (χ4n) is 2.34. The van der Waals surface area contributed by atoms with Crippen molar-refractivity contribution in [2.24, 2.45) is 0 Å². The summed E-state index contributed by atoms with van der Waals surface area (Å²) >= 11 is 0. The van der Waals surface area contributed by atoms with Gasteiger partial charge in [0.1, 0.15) is 5.75 Å².